The van der Waals surface area contributed by atoms with Gasteiger partial charge in [-0.2, -0.15) is 0 Å². The molecule has 0 bridgehead atoms. The lowest BCUT2D eigenvalue weighted by atomic mass is 9.90. The Hall–Kier alpha value is -2.34. The molecule has 0 N–H and O–H groups in total. The number of rotatable bonds is 1. The van der Waals surface area contributed by atoms with Crippen LogP contribution in [0.4, 0.5) is 0 Å². The summed E-state index contributed by atoms with van der Waals surface area (Å²) >= 11 is 0. The maximum Gasteiger partial charge on any atom is 0.0320 e. The smallest absolute Gasteiger partial charge is 0.0320 e. The van der Waals surface area contributed by atoms with Crippen LogP contribution in [-0.2, 0) is 0 Å². The van der Waals surface area contributed by atoms with Gasteiger partial charge in [0, 0.05) is 2.74 Å². The first-order chi connectivity index (χ1) is 10.7. The summed E-state index contributed by atoms with van der Waals surface area (Å²) in [6, 6.07) is 22.4. The second-order valence-corrected chi connectivity index (χ2v) is 5.07. The normalized spacial score (nSPS) is 17.9. The molecule has 3 aromatic carbocycles. The summed E-state index contributed by atoms with van der Waals surface area (Å²) in [5.41, 5.74) is 1.81. The molecule has 3 aromatic rings. The zero-order valence-corrected chi connectivity index (χ0v) is 11.1. The van der Waals surface area contributed by atoms with E-state index in [1.54, 1.807) is 0 Å². The molecule has 0 saturated carbocycles. The Labute approximate surface area is 121 Å². The van der Waals surface area contributed by atoms with E-state index in [2.05, 4.69) is 24.3 Å². The van der Waals surface area contributed by atoms with Crippen molar-refractivity contribution in [1.82, 2.24) is 0 Å². The number of hydrogen-bond acceptors (Lipinski definition) is 0. The third-order valence-corrected chi connectivity index (χ3v) is 3.89. The Morgan fingerprint density at radius 2 is 1.60 bits per heavy atom. The van der Waals surface area contributed by atoms with E-state index in [0.717, 1.165) is 32.3 Å². The molecule has 0 fully saturated rings. The predicted molar refractivity (Wildman–Crippen MR) is 85.8 cm³/mol. The minimum absolute atomic E-state index is 0.419. The maximum absolute atomic E-state index is 8.53. The number of fused-ring (bicyclic) bond motifs is 2. The van der Waals surface area contributed by atoms with E-state index in [1.807, 2.05) is 48.5 Å². The Balaban J connectivity index is 2.19. The van der Waals surface area contributed by atoms with E-state index in [4.69, 9.17) is 2.74 Å². The summed E-state index contributed by atoms with van der Waals surface area (Å²) < 4.78 is 17.1. The van der Waals surface area contributed by atoms with Gasteiger partial charge in [0.05, 0.1) is 0 Å². The maximum atomic E-state index is 8.53. The minimum atomic E-state index is -1.35. The van der Waals surface area contributed by atoms with Gasteiger partial charge in [-0.1, -0.05) is 72.8 Å². The Morgan fingerprint density at radius 3 is 2.60 bits per heavy atom. The fourth-order valence-electron chi connectivity index (χ4n) is 2.94. The molecular weight excluding hydrogens is 240 g/mol. The van der Waals surface area contributed by atoms with Crippen LogP contribution in [0.2, 0.25) is 0 Å². The van der Waals surface area contributed by atoms with Crippen LogP contribution >= 0.6 is 0 Å². The molecule has 0 nitrogen and oxygen atoms in total. The summed E-state index contributed by atoms with van der Waals surface area (Å²) in [7, 11) is 0. The third kappa shape index (κ3) is 1.77. The molecule has 0 aliphatic heterocycles. The summed E-state index contributed by atoms with van der Waals surface area (Å²) in [4.78, 5) is 0. The first-order valence-electron chi connectivity index (χ1n) is 7.95. The largest absolute Gasteiger partial charge is 0.0763 e. The average Bonchev–Trinajstić information content (AvgIpc) is 2.54. The van der Waals surface area contributed by atoms with E-state index in [1.165, 1.54) is 0 Å². The van der Waals surface area contributed by atoms with Crippen molar-refractivity contribution in [1.29, 1.82) is 0 Å². The average molecular weight is 258 g/mol. The fourth-order valence-corrected chi connectivity index (χ4v) is 2.94. The Kier molecular flexibility index (Phi) is 2.22. The zero-order valence-electron chi connectivity index (χ0n) is 13.1. The summed E-state index contributed by atoms with van der Waals surface area (Å²) in [5.74, 6) is 0. The van der Waals surface area contributed by atoms with Crippen LogP contribution in [0.25, 0.3) is 22.4 Å². The van der Waals surface area contributed by atoms with Crippen molar-refractivity contribution < 1.29 is 2.74 Å². The van der Waals surface area contributed by atoms with Gasteiger partial charge in [-0.05, 0) is 45.1 Å². The van der Waals surface area contributed by atoms with Gasteiger partial charge in [-0.15, -0.1) is 0 Å². The van der Waals surface area contributed by atoms with Gasteiger partial charge in [-0.25, -0.2) is 0 Å². The quantitative estimate of drug-likeness (QED) is 0.625. The highest BCUT2D eigenvalue weighted by molar-refractivity contribution is 5.94. The molecular formula is C20H16. The molecule has 0 unspecified atom stereocenters. The van der Waals surface area contributed by atoms with Crippen molar-refractivity contribution >= 4 is 22.4 Å². The third-order valence-electron chi connectivity index (χ3n) is 3.89. The van der Waals surface area contributed by atoms with Gasteiger partial charge in [0.1, 0.15) is 0 Å². The fraction of sp³-hybridized carbons (Fsp3) is 0.100. The van der Waals surface area contributed by atoms with Crippen LogP contribution in [0.3, 0.4) is 0 Å². The lowest BCUT2D eigenvalue weighted by Gasteiger charge is -2.14. The highest BCUT2D eigenvalue weighted by atomic mass is 14.1. The standard InChI is InChI=1S/C20H16/c1-3-11-17-15(7-1)9-5-13-19(17)20-14-6-10-16-8-2-4-12-18(16)20/h1-5,7-13H,6,14H2/i14D2. The zero-order chi connectivity index (χ0) is 15.2. The van der Waals surface area contributed by atoms with Gasteiger partial charge in [0.25, 0.3) is 0 Å². The molecule has 0 heteroatoms. The lowest BCUT2D eigenvalue weighted by molar-refractivity contribution is 1.08. The Morgan fingerprint density at radius 1 is 0.800 bits per heavy atom. The molecule has 20 heavy (non-hydrogen) atoms. The molecule has 0 spiro atoms. The van der Waals surface area contributed by atoms with E-state index >= 15 is 0 Å². The highest BCUT2D eigenvalue weighted by Gasteiger charge is 2.09. The van der Waals surface area contributed by atoms with Crippen LogP contribution in [0.5, 0.6) is 0 Å². The minimum Gasteiger partial charge on any atom is -0.0763 e. The highest BCUT2D eigenvalue weighted by Crippen LogP contribution is 2.26. The number of hydrogen-bond donors (Lipinski definition) is 0. The molecule has 1 aliphatic carbocycles. The molecule has 0 heterocycles. The molecule has 0 aromatic heterocycles. The topological polar surface area (TPSA) is 0 Å². The summed E-state index contributed by atoms with van der Waals surface area (Å²) in [5, 5.41) is 4.39. The predicted octanol–water partition coefficient (Wildman–Crippen LogP) is 3.61. The molecule has 1 aliphatic rings. The number of benzene rings is 3. The Bertz CT molecular complexity index is 979. The second kappa shape index (κ2) is 4.64. The van der Waals surface area contributed by atoms with Gasteiger partial charge in [-0.3, -0.25) is 0 Å². The first-order valence-corrected chi connectivity index (χ1v) is 6.95. The van der Waals surface area contributed by atoms with Crippen molar-refractivity contribution in [3.63, 3.8) is 0 Å². The second-order valence-electron chi connectivity index (χ2n) is 5.07. The SMILES string of the molecule is [2H]C1([2H])CC=c2ccccc2=C1c1cccc2ccccc12. The summed E-state index contributed by atoms with van der Waals surface area (Å²) in [6.07, 6.45) is 1.07. The van der Waals surface area contributed by atoms with Crippen molar-refractivity contribution in [3.8, 4) is 0 Å². The van der Waals surface area contributed by atoms with Crippen molar-refractivity contribution in [2.24, 2.45) is 0 Å². The summed E-state index contributed by atoms with van der Waals surface area (Å²) in [6.45, 7) is 0. The van der Waals surface area contributed by atoms with Crippen molar-refractivity contribution in [2.75, 3.05) is 0 Å². The van der Waals surface area contributed by atoms with Crippen molar-refractivity contribution in [3.05, 3.63) is 82.7 Å². The van der Waals surface area contributed by atoms with E-state index < -0.39 is 6.37 Å². The molecule has 4 rings (SSSR count). The lowest BCUT2D eigenvalue weighted by Crippen LogP contribution is -2.29. The van der Waals surface area contributed by atoms with Crippen LogP contribution in [0.1, 0.15) is 21.1 Å². The van der Waals surface area contributed by atoms with Gasteiger partial charge < -0.3 is 0 Å². The molecule has 0 radical (unpaired) electrons. The monoisotopic (exact) mass is 258 g/mol. The van der Waals surface area contributed by atoms with Gasteiger partial charge in [0.15, 0.2) is 0 Å². The van der Waals surface area contributed by atoms with Gasteiger partial charge >= 0.3 is 0 Å². The first kappa shape index (κ1) is 9.55. The van der Waals surface area contributed by atoms with Crippen LogP contribution < -0.4 is 10.4 Å². The molecule has 0 amide bonds. The van der Waals surface area contributed by atoms with Gasteiger partial charge in [0.2, 0.25) is 0 Å². The van der Waals surface area contributed by atoms with Crippen molar-refractivity contribution in [2.45, 2.75) is 12.8 Å². The van der Waals surface area contributed by atoms with E-state index in [0.29, 0.717) is 6.42 Å². The van der Waals surface area contributed by atoms with Crippen LogP contribution in [0.15, 0.2) is 66.7 Å². The van der Waals surface area contributed by atoms with E-state index in [-0.39, 0.29) is 0 Å². The molecule has 0 atom stereocenters. The van der Waals surface area contributed by atoms with Crippen LogP contribution in [-0.4, -0.2) is 0 Å². The molecule has 0 saturated heterocycles. The molecule has 96 valence electrons. The van der Waals surface area contributed by atoms with E-state index in [9.17, 15) is 0 Å². The van der Waals surface area contributed by atoms with Crippen LogP contribution in [0, 0.1) is 0 Å².